The molecule has 4 rings (SSSR count). The van der Waals surface area contributed by atoms with Crippen molar-refractivity contribution in [3.05, 3.63) is 53.9 Å². The molecular weight excluding hydrogens is 484 g/mol. The van der Waals surface area contributed by atoms with Crippen molar-refractivity contribution in [3.63, 3.8) is 0 Å². The van der Waals surface area contributed by atoms with Crippen LogP contribution in [0.2, 0.25) is 0 Å². The Labute approximate surface area is 223 Å². The topological polar surface area (TPSA) is 141 Å². The summed E-state index contributed by atoms with van der Waals surface area (Å²) < 4.78 is 5.18. The first kappa shape index (κ1) is 26.9. The molecule has 0 aliphatic carbocycles. The highest BCUT2D eigenvalue weighted by atomic mass is 16.5. The average molecular weight is 521 g/mol. The highest BCUT2D eigenvalue weighted by Crippen LogP contribution is 2.35. The van der Waals surface area contributed by atoms with Gasteiger partial charge >= 0.3 is 0 Å². The molecule has 0 bridgehead atoms. The minimum atomic E-state index is -0.436. The fourth-order valence-electron chi connectivity index (χ4n) is 4.00. The first-order chi connectivity index (χ1) is 18.2. The third-order valence-electron chi connectivity index (χ3n) is 5.87. The van der Waals surface area contributed by atoms with E-state index in [0.29, 0.717) is 43.8 Å². The van der Waals surface area contributed by atoms with Gasteiger partial charge in [0.25, 0.3) is 5.91 Å². The van der Waals surface area contributed by atoms with Crippen LogP contribution in [-0.2, 0) is 22.5 Å². The van der Waals surface area contributed by atoms with Crippen molar-refractivity contribution in [1.82, 2.24) is 25.4 Å². The fourth-order valence-corrected chi connectivity index (χ4v) is 4.00. The van der Waals surface area contributed by atoms with E-state index in [2.05, 4.69) is 36.8 Å². The largest absolute Gasteiger partial charge is 0.383 e. The molecule has 202 valence electrons. The molecule has 0 radical (unpaired) electrons. The molecule has 2 aromatic heterocycles. The summed E-state index contributed by atoms with van der Waals surface area (Å²) in [6.07, 6.45) is 3.87. The van der Waals surface area contributed by atoms with Gasteiger partial charge in [0.15, 0.2) is 0 Å². The number of likely N-dealkylation sites (N-methyl/N-ethyl adjacent to an activating group) is 1. The zero-order valence-electron chi connectivity index (χ0n) is 22.5. The lowest BCUT2D eigenvalue weighted by Gasteiger charge is -2.24. The van der Waals surface area contributed by atoms with Crippen LogP contribution in [0.5, 0.6) is 0 Å². The first-order valence-electron chi connectivity index (χ1n) is 12.5. The summed E-state index contributed by atoms with van der Waals surface area (Å²) in [7, 11) is 3.53. The summed E-state index contributed by atoms with van der Waals surface area (Å²) in [6.45, 7) is 7.88. The van der Waals surface area contributed by atoms with Gasteiger partial charge in [0.2, 0.25) is 11.9 Å². The second kappa shape index (κ2) is 11.9. The molecule has 1 aromatic carbocycles. The molecule has 0 saturated heterocycles. The van der Waals surface area contributed by atoms with Gasteiger partial charge in [-0.1, -0.05) is 12.1 Å². The Hall–Kier alpha value is -4.19. The number of methoxy groups -OCH3 is 1. The molecule has 1 atom stereocenters. The van der Waals surface area contributed by atoms with Crippen LogP contribution in [0.1, 0.15) is 31.9 Å². The van der Waals surface area contributed by atoms with Gasteiger partial charge in [-0.05, 0) is 44.5 Å². The van der Waals surface area contributed by atoms with Crippen molar-refractivity contribution >= 4 is 35.1 Å². The van der Waals surface area contributed by atoms with Gasteiger partial charge in [-0.3, -0.25) is 15.6 Å². The molecule has 1 amide bonds. The number of hydrazine groups is 1. The first-order valence-corrected chi connectivity index (χ1v) is 12.5. The molecule has 3 heterocycles. The molecule has 0 fully saturated rings. The van der Waals surface area contributed by atoms with E-state index in [1.165, 1.54) is 0 Å². The second-order valence-corrected chi connectivity index (χ2v) is 10.1. The lowest BCUT2D eigenvalue weighted by Crippen LogP contribution is -2.45. The molecule has 1 aliphatic heterocycles. The van der Waals surface area contributed by atoms with Crippen molar-refractivity contribution in [2.45, 2.75) is 45.3 Å². The Morgan fingerprint density at radius 3 is 2.50 bits per heavy atom. The van der Waals surface area contributed by atoms with Gasteiger partial charge in [-0.2, -0.15) is 9.97 Å². The number of rotatable bonds is 11. The zero-order chi connectivity index (χ0) is 27.1. The van der Waals surface area contributed by atoms with E-state index in [-0.39, 0.29) is 11.4 Å². The summed E-state index contributed by atoms with van der Waals surface area (Å²) in [5, 5.41) is 9.84. The van der Waals surface area contributed by atoms with Gasteiger partial charge < -0.3 is 25.6 Å². The van der Waals surface area contributed by atoms with E-state index in [4.69, 9.17) is 14.7 Å². The molecule has 0 spiro atoms. The van der Waals surface area contributed by atoms with Gasteiger partial charge in [0.1, 0.15) is 17.7 Å². The fraction of sp³-hybridized carbons (Fsp3) is 0.423. The third kappa shape index (κ3) is 6.97. The Balaban J connectivity index is 1.38. The Morgan fingerprint density at radius 2 is 1.82 bits per heavy atom. The van der Waals surface area contributed by atoms with Crippen molar-refractivity contribution in [3.8, 4) is 0 Å². The molecule has 3 aromatic rings. The molecule has 38 heavy (non-hydrogen) atoms. The van der Waals surface area contributed by atoms with Crippen LogP contribution >= 0.6 is 0 Å². The monoisotopic (exact) mass is 520 g/mol. The van der Waals surface area contributed by atoms with E-state index in [1.807, 2.05) is 57.0 Å². The van der Waals surface area contributed by atoms with Crippen LogP contribution in [0, 0.1) is 0 Å². The number of aromatic nitrogens is 4. The maximum atomic E-state index is 13.2. The SMILES string of the molecule is COCCNc1nc(NC(C)(C)C)nc2c1CC(C(=O)NNc1ccc(CNc3ncccn3)cc1)N2C. The van der Waals surface area contributed by atoms with Crippen LogP contribution in [0.4, 0.5) is 29.2 Å². The summed E-state index contributed by atoms with van der Waals surface area (Å²) in [5.41, 5.74) is 8.38. The Morgan fingerprint density at radius 1 is 1.08 bits per heavy atom. The second-order valence-electron chi connectivity index (χ2n) is 10.1. The number of benzene rings is 1. The number of fused-ring (bicyclic) bond motifs is 1. The number of hydrogen-bond donors (Lipinski definition) is 5. The molecule has 0 saturated carbocycles. The number of carbonyl (C=O) groups is 1. The number of anilines is 5. The summed E-state index contributed by atoms with van der Waals surface area (Å²) in [6, 6.07) is 9.09. The predicted octanol–water partition coefficient (Wildman–Crippen LogP) is 2.65. The third-order valence-corrected chi connectivity index (χ3v) is 5.87. The van der Waals surface area contributed by atoms with Crippen LogP contribution < -0.4 is 31.7 Å². The standard InChI is InChI=1S/C26H36N10O2/c1-26(2,3)33-25-31-21(27-13-14-38-5)19-15-20(36(4)22(19)32-25)23(37)35-34-18-9-7-17(8-10-18)16-30-24-28-11-6-12-29-24/h6-12,20,34H,13-16H2,1-5H3,(H,35,37)(H,28,29,30)(H2,27,31,32,33). The molecule has 1 unspecified atom stereocenters. The average Bonchev–Trinajstić information content (AvgIpc) is 3.23. The Bertz CT molecular complexity index is 1220. The van der Waals surface area contributed by atoms with E-state index in [0.717, 1.165) is 22.6 Å². The lowest BCUT2D eigenvalue weighted by atomic mass is 10.1. The van der Waals surface area contributed by atoms with E-state index in [1.54, 1.807) is 25.6 Å². The van der Waals surface area contributed by atoms with Gasteiger partial charge in [-0.25, -0.2) is 9.97 Å². The summed E-state index contributed by atoms with van der Waals surface area (Å²) >= 11 is 0. The number of hydrogen-bond acceptors (Lipinski definition) is 11. The number of amides is 1. The van der Waals surface area contributed by atoms with Crippen LogP contribution in [0.3, 0.4) is 0 Å². The van der Waals surface area contributed by atoms with E-state index in [9.17, 15) is 4.79 Å². The Kier molecular flexibility index (Phi) is 8.41. The molecule has 5 N–H and O–H groups in total. The number of nitrogens with zero attached hydrogens (tertiary/aromatic N) is 5. The summed E-state index contributed by atoms with van der Waals surface area (Å²) in [5.74, 6) is 2.36. The maximum Gasteiger partial charge on any atom is 0.261 e. The predicted molar refractivity (Wildman–Crippen MR) is 149 cm³/mol. The minimum absolute atomic E-state index is 0.161. The summed E-state index contributed by atoms with van der Waals surface area (Å²) in [4.78, 5) is 32.8. The maximum absolute atomic E-state index is 13.2. The number of carbonyl (C=O) groups excluding carboxylic acids is 1. The van der Waals surface area contributed by atoms with Crippen molar-refractivity contribution in [1.29, 1.82) is 0 Å². The van der Waals surface area contributed by atoms with E-state index < -0.39 is 6.04 Å². The van der Waals surface area contributed by atoms with Crippen molar-refractivity contribution in [2.75, 3.05) is 53.6 Å². The van der Waals surface area contributed by atoms with Crippen LogP contribution in [0.15, 0.2) is 42.7 Å². The van der Waals surface area contributed by atoms with Crippen LogP contribution in [-0.4, -0.2) is 64.7 Å². The van der Waals surface area contributed by atoms with Crippen LogP contribution in [0.25, 0.3) is 0 Å². The van der Waals surface area contributed by atoms with Gasteiger partial charge in [-0.15, -0.1) is 0 Å². The van der Waals surface area contributed by atoms with Crippen molar-refractivity contribution < 1.29 is 9.53 Å². The van der Waals surface area contributed by atoms with Gasteiger partial charge in [0, 0.05) is 57.2 Å². The van der Waals surface area contributed by atoms with E-state index >= 15 is 0 Å². The lowest BCUT2D eigenvalue weighted by molar-refractivity contribution is -0.121. The molecule has 12 nitrogen and oxygen atoms in total. The highest BCUT2D eigenvalue weighted by molar-refractivity contribution is 5.89. The number of ether oxygens (including phenoxy) is 1. The normalized spacial score (nSPS) is 14.6. The zero-order valence-corrected chi connectivity index (χ0v) is 22.5. The highest BCUT2D eigenvalue weighted by Gasteiger charge is 2.36. The van der Waals surface area contributed by atoms with Crippen molar-refractivity contribution in [2.24, 2.45) is 0 Å². The molecular formula is C26H36N10O2. The minimum Gasteiger partial charge on any atom is -0.383 e. The molecule has 12 heteroatoms. The van der Waals surface area contributed by atoms with Gasteiger partial charge in [0.05, 0.1) is 12.3 Å². The number of nitrogens with one attached hydrogen (secondary N) is 5. The smallest absolute Gasteiger partial charge is 0.261 e. The quantitative estimate of drug-likeness (QED) is 0.188. The molecule has 1 aliphatic rings.